The first-order chi connectivity index (χ1) is 30.0. The van der Waals surface area contributed by atoms with Gasteiger partial charge >= 0.3 is 0 Å². The summed E-state index contributed by atoms with van der Waals surface area (Å²) in [5, 5.41) is 5.18. The van der Waals surface area contributed by atoms with E-state index in [1.54, 1.807) is 5.57 Å². The molecular weight excluding hydrogens is 761 g/mol. The zero-order chi connectivity index (χ0) is 40.4. The van der Waals surface area contributed by atoms with Crippen molar-refractivity contribution >= 4 is 61.2 Å². The molecule has 0 bridgehead atoms. The number of aromatic nitrogens is 1. The molecule has 3 atom stereocenters. The van der Waals surface area contributed by atoms with Gasteiger partial charge in [0, 0.05) is 60.1 Å². The Morgan fingerprint density at radius 3 is 2.51 bits per heavy atom. The molecule has 0 fully saturated rings. The lowest BCUT2D eigenvalue weighted by molar-refractivity contribution is 0.530. The van der Waals surface area contributed by atoms with Crippen molar-refractivity contribution in [2.45, 2.75) is 68.1 Å². The van der Waals surface area contributed by atoms with E-state index in [2.05, 4.69) is 187 Å². The molecule has 5 aliphatic carbocycles. The number of fused-ring (bicyclic) bond motifs is 11. The van der Waals surface area contributed by atoms with Crippen molar-refractivity contribution in [2.75, 3.05) is 4.90 Å². The van der Waals surface area contributed by atoms with Gasteiger partial charge in [-0.1, -0.05) is 123 Å². The average molecular weight is 807 g/mol. The largest absolute Gasteiger partial charge is 0.456 e. The Hall–Kier alpha value is -6.23. The predicted octanol–water partition coefficient (Wildman–Crippen LogP) is 15.2. The molecule has 0 N–H and O–H groups in total. The number of hydrogen-bond acceptors (Lipinski definition) is 3. The van der Waals surface area contributed by atoms with Crippen LogP contribution in [-0.2, 0) is 0 Å². The molecule has 0 radical (unpaired) electrons. The summed E-state index contributed by atoms with van der Waals surface area (Å²) >= 11 is 2.05. The number of anilines is 1. The molecule has 7 aromatic rings. The van der Waals surface area contributed by atoms with E-state index in [1.807, 2.05) is 11.8 Å². The third-order valence-electron chi connectivity index (χ3n) is 14.5. The van der Waals surface area contributed by atoms with Gasteiger partial charge < -0.3 is 13.9 Å². The summed E-state index contributed by atoms with van der Waals surface area (Å²) < 4.78 is 8.97. The summed E-state index contributed by atoms with van der Waals surface area (Å²) in [7, 11) is 0. The average Bonchev–Trinajstić information content (AvgIpc) is 4.03. The SMILES string of the molecule is CC1(C)C2=CC(N(C3=CC=C(C4=CC=CC5c6ccccc6SC45)CC3)c3ccc4c(c3)c3cc5oc6ccccc6c5cc3n4-c3ccccc3)CC=C2C2=C1CCC=C2. The summed E-state index contributed by atoms with van der Waals surface area (Å²) in [6, 6.07) is 40.3. The van der Waals surface area contributed by atoms with Gasteiger partial charge in [0.25, 0.3) is 0 Å². The zero-order valence-corrected chi connectivity index (χ0v) is 35.4. The molecule has 3 heterocycles. The third-order valence-corrected chi connectivity index (χ3v) is 16.0. The van der Waals surface area contributed by atoms with E-state index in [9.17, 15) is 0 Å². The van der Waals surface area contributed by atoms with Crippen LogP contribution in [0.15, 0.2) is 212 Å². The fourth-order valence-electron chi connectivity index (χ4n) is 11.6. The minimum absolute atomic E-state index is 0.0172. The Bertz CT molecular complexity index is 3300. The second-order valence-electron chi connectivity index (χ2n) is 18.1. The van der Waals surface area contributed by atoms with Crippen molar-refractivity contribution in [1.82, 2.24) is 4.57 Å². The van der Waals surface area contributed by atoms with Crippen molar-refractivity contribution in [3.05, 3.63) is 209 Å². The Balaban J connectivity index is 0.969. The van der Waals surface area contributed by atoms with Crippen LogP contribution < -0.4 is 4.90 Å². The summed E-state index contributed by atoms with van der Waals surface area (Å²) in [5.41, 5.74) is 18.5. The van der Waals surface area contributed by atoms with Crippen molar-refractivity contribution in [3.8, 4) is 5.69 Å². The fourth-order valence-corrected chi connectivity index (χ4v) is 13.1. The Morgan fingerprint density at radius 2 is 1.61 bits per heavy atom. The van der Waals surface area contributed by atoms with E-state index in [-0.39, 0.29) is 11.5 Å². The maximum Gasteiger partial charge on any atom is 0.136 e. The predicted molar refractivity (Wildman–Crippen MR) is 256 cm³/mol. The van der Waals surface area contributed by atoms with Crippen LogP contribution in [0.25, 0.3) is 49.4 Å². The van der Waals surface area contributed by atoms with Crippen LogP contribution in [0.3, 0.4) is 0 Å². The molecule has 0 spiro atoms. The Morgan fingerprint density at radius 1 is 0.754 bits per heavy atom. The number of nitrogens with zero attached hydrogens (tertiary/aromatic N) is 2. The van der Waals surface area contributed by atoms with Crippen molar-refractivity contribution < 1.29 is 4.42 Å². The van der Waals surface area contributed by atoms with Crippen LogP contribution in [0.1, 0.15) is 57.4 Å². The lowest BCUT2D eigenvalue weighted by Gasteiger charge is -2.38. The highest BCUT2D eigenvalue weighted by molar-refractivity contribution is 8.00. The molecule has 3 unspecified atom stereocenters. The van der Waals surface area contributed by atoms with Gasteiger partial charge in [0.1, 0.15) is 11.2 Å². The van der Waals surface area contributed by atoms with Gasteiger partial charge in [-0.05, 0) is 126 Å². The minimum Gasteiger partial charge on any atom is -0.456 e. The van der Waals surface area contributed by atoms with Crippen LogP contribution in [-0.4, -0.2) is 15.9 Å². The molecule has 3 nitrogen and oxygen atoms in total. The number of benzene rings is 5. The van der Waals surface area contributed by atoms with Gasteiger partial charge in [-0.25, -0.2) is 0 Å². The summed E-state index contributed by atoms with van der Waals surface area (Å²) in [6.07, 6.45) is 27.3. The van der Waals surface area contributed by atoms with Crippen LogP contribution >= 0.6 is 11.8 Å². The molecule has 296 valence electrons. The van der Waals surface area contributed by atoms with Gasteiger partial charge in [0.15, 0.2) is 0 Å². The molecule has 4 heteroatoms. The number of allylic oxidation sites excluding steroid dienone is 13. The number of thioether (sulfide) groups is 1. The second-order valence-corrected chi connectivity index (χ2v) is 19.3. The van der Waals surface area contributed by atoms with E-state index in [1.165, 1.54) is 71.5 Å². The number of furan rings is 1. The molecule has 0 amide bonds. The first-order valence-electron chi connectivity index (χ1n) is 22.1. The Labute approximate surface area is 361 Å². The normalized spacial score (nSPS) is 22.5. The second kappa shape index (κ2) is 13.4. The maximum atomic E-state index is 6.53. The molecule has 0 saturated carbocycles. The molecule has 13 rings (SSSR count). The van der Waals surface area contributed by atoms with Gasteiger partial charge in [0.05, 0.1) is 17.1 Å². The van der Waals surface area contributed by atoms with Crippen LogP contribution in [0, 0.1) is 5.41 Å². The summed E-state index contributed by atoms with van der Waals surface area (Å²) in [5.74, 6) is 0.438. The lowest BCUT2D eigenvalue weighted by atomic mass is 9.76. The molecular formula is C57H46N2OS. The lowest BCUT2D eigenvalue weighted by Crippen LogP contribution is -2.36. The fraction of sp³-hybridized carbons (Fsp3) is 0.193. The smallest absolute Gasteiger partial charge is 0.136 e. The standard InChI is InChI=1S/C57H46N2OS/c1-57(2)49-20-9-6-15-41(49)42-29-27-39(32-50(42)57)58(37-25-23-35(24-26-37)40-18-12-19-45-44-17-8-11-22-55(44)61-56(40)45)38-28-30-51-46(31-38)47-34-54-48(43-16-7-10-21-53(43)60-54)33-52(47)59(51)36-13-4-3-5-14-36/h3-8,10-19,21-23,25,28-34,39,45,56H,9,20,24,26-27H2,1-2H3. The van der Waals surface area contributed by atoms with Crippen LogP contribution in [0.4, 0.5) is 5.69 Å². The first kappa shape index (κ1) is 35.5. The van der Waals surface area contributed by atoms with Crippen LogP contribution in [0.2, 0.25) is 0 Å². The number of rotatable bonds is 5. The van der Waals surface area contributed by atoms with E-state index in [4.69, 9.17) is 4.42 Å². The molecule has 5 aromatic carbocycles. The number of para-hydroxylation sites is 2. The Kier molecular flexibility index (Phi) is 7.79. The van der Waals surface area contributed by atoms with Gasteiger partial charge in [-0.3, -0.25) is 0 Å². The van der Waals surface area contributed by atoms with Crippen molar-refractivity contribution in [1.29, 1.82) is 0 Å². The monoisotopic (exact) mass is 806 g/mol. The summed E-state index contributed by atoms with van der Waals surface area (Å²) in [6.45, 7) is 4.91. The van der Waals surface area contributed by atoms with E-state index < -0.39 is 0 Å². The molecule has 2 aromatic heterocycles. The zero-order valence-electron chi connectivity index (χ0n) is 34.6. The van der Waals surface area contributed by atoms with Gasteiger partial charge in [-0.15, -0.1) is 11.8 Å². The molecule has 61 heavy (non-hydrogen) atoms. The molecule has 6 aliphatic rings. The first-order valence-corrected chi connectivity index (χ1v) is 23.0. The summed E-state index contributed by atoms with van der Waals surface area (Å²) in [4.78, 5) is 4.12. The van der Waals surface area contributed by atoms with E-state index in [0.717, 1.165) is 59.7 Å². The topological polar surface area (TPSA) is 21.3 Å². The number of hydrogen-bond donors (Lipinski definition) is 0. The van der Waals surface area contributed by atoms with Crippen molar-refractivity contribution in [3.63, 3.8) is 0 Å². The van der Waals surface area contributed by atoms with Gasteiger partial charge in [-0.2, -0.15) is 0 Å². The van der Waals surface area contributed by atoms with Crippen LogP contribution in [0.5, 0.6) is 0 Å². The highest BCUT2D eigenvalue weighted by Gasteiger charge is 2.42. The van der Waals surface area contributed by atoms with Gasteiger partial charge in [0.2, 0.25) is 0 Å². The molecule has 1 aliphatic heterocycles. The third kappa shape index (κ3) is 5.31. The quantitative estimate of drug-likeness (QED) is 0.173. The molecule has 0 saturated heterocycles. The van der Waals surface area contributed by atoms with E-state index >= 15 is 0 Å². The van der Waals surface area contributed by atoms with Crippen molar-refractivity contribution in [2.24, 2.45) is 5.41 Å². The maximum absolute atomic E-state index is 6.53. The highest BCUT2D eigenvalue weighted by atomic mass is 32.2. The minimum atomic E-state index is 0.0172. The van der Waals surface area contributed by atoms with E-state index in [0.29, 0.717) is 11.2 Å². The highest BCUT2D eigenvalue weighted by Crippen LogP contribution is 2.56.